The topological polar surface area (TPSA) is 95.9 Å². The third-order valence-corrected chi connectivity index (χ3v) is 10.6. The van der Waals surface area contributed by atoms with Crippen molar-refractivity contribution in [2.45, 2.75) is 264 Å². The van der Waals surface area contributed by atoms with Crippen LogP contribution in [0.2, 0.25) is 0 Å². The molecule has 0 aromatic rings. The van der Waals surface area contributed by atoms with Gasteiger partial charge in [-0.15, -0.1) is 0 Å². The zero-order valence-corrected chi connectivity index (χ0v) is 35.0. The van der Waals surface area contributed by atoms with Crippen molar-refractivity contribution in [2.75, 3.05) is 6.61 Å². The Morgan fingerprint density at radius 1 is 0.538 bits per heavy atom. The molecule has 6 nitrogen and oxygen atoms in total. The van der Waals surface area contributed by atoms with Crippen molar-refractivity contribution in [3.8, 4) is 0 Å². The van der Waals surface area contributed by atoms with Crippen LogP contribution in [0.1, 0.15) is 245 Å². The maximum Gasteiger partial charge on any atom is 0.306 e. The lowest BCUT2D eigenvalue weighted by atomic mass is 10.0. The zero-order chi connectivity index (χ0) is 38.2. The molecular weight excluding hydrogens is 647 g/mol. The third kappa shape index (κ3) is 35.6. The van der Waals surface area contributed by atoms with Gasteiger partial charge < -0.3 is 20.3 Å². The predicted molar refractivity (Wildman–Crippen MR) is 223 cm³/mol. The second-order valence-corrected chi connectivity index (χ2v) is 15.8. The average molecular weight is 736 g/mol. The van der Waals surface area contributed by atoms with E-state index in [1.807, 2.05) is 0 Å². The number of carbonyl (C=O) groups is 2. The first-order valence-electron chi connectivity index (χ1n) is 22.9. The van der Waals surface area contributed by atoms with Gasteiger partial charge in [-0.1, -0.05) is 200 Å². The Balaban J connectivity index is 4.54. The Hall–Kier alpha value is -1.40. The highest BCUT2D eigenvalue weighted by molar-refractivity contribution is 5.77. The summed E-state index contributed by atoms with van der Waals surface area (Å²) in [6.07, 6.45) is 42.7. The average Bonchev–Trinajstić information content (AvgIpc) is 3.13. The molecule has 1 amide bonds. The Morgan fingerprint density at radius 2 is 0.962 bits per heavy atom. The number of esters is 1. The minimum atomic E-state index is -0.780. The quantitative estimate of drug-likeness (QED) is 0.0330. The number of ether oxygens (including phenoxy) is 1. The fraction of sp³-hybridized carbons (Fsp3) is 0.913. The Labute approximate surface area is 323 Å². The SMILES string of the molecule is CCC/C=C\CCCCCCCC(=O)OC(CCCCCCCCCCCCC)CC(=O)NC(CO)C(O)CCCCCCCCCCCCCC. The molecule has 0 aromatic heterocycles. The van der Waals surface area contributed by atoms with Gasteiger partial charge in [-0.05, 0) is 44.9 Å². The molecule has 3 atom stereocenters. The fourth-order valence-electron chi connectivity index (χ4n) is 7.08. The number of hydrogen-bond donors (Lipinski definition) is 3. The molecule has 0 radical (unpaired) electrons. The summed E-state index contributed by atoms with van der Waals surface area (Å²) in [6, 6.07) is -0.694. The number of rotatable bonds is 41. The second-order valence-electron chi connectivity index (χ2n) is 15.8. The van der Waals surface area contributed by atoms with Gasteiger partial charge in [0.1, 0.15) is 6.10 Å². The number of aliphatic hydroxyl groups excluding tert-OH is 2. The molecular formula is C46H89NO5. The van der Waals surface area contributed by atoms with Gasteiger partial charge in [0.25, 0.3) is 0 Å². The first-order valence-corrected chi connectivity index (χ1v) is 22.9. The van der Waals surface area contributed by atoms with E-state index < -0.39 is 18.2 Å². The largest absolute Gasteiger partial charge is 0.462 e. The lowest BCUT2D eigenvalue weighted by Gasteiger charge is -2.24. The first kappa shape index (κ1) is 50.6. The summed E-state index contributed by atoms with van der Waals surface area (Å²) in [5, 5.41) is 23.6. The van der Waals surface area contributed by atoms with Crippen LogP contribution in [0.5, 0.6) is 0 Å². The van der Waals surface area contributed by atoms with Gasteiger partial charge in [0.05, 0.1) is 25.2 Å². The van der Waals surface area contributed by atoms with E-state index in [1.165, 1.54) is 141 Å². The Kier molecular flexibility index (Phi) is 39.7. The molecule has 52 heavy (non-hydrogen) atoms. The lowest BCUT2D eigenvalue weighted by molar-refractivity contribution is -0.151. The van der Waals surface area contributed by atoms with Gasteiger partial charge in [0.15, 0.2) is 0 Å². The molecule has 3 unspecified atom stereocenters. The van der Waals surface area contributed by atoms with Gasteiger partial charge >= 0.3 is 5.97 Å². The highest BCUT2D eigenvalue weighted by atomic mass is 16.5. The van der Waals surface area contributed by atoms with Crippen LogP contribution in [-0.4, -0.2) is 46.9 Å². The van der Waals surface area contributed by atoms with Crippen LogP contribution in [0, 0.1) is 0 Å². The first-order chi connectivity index (χ1) is 25.5. The van der Waals surface area contributed by atoms with Crippen LogP contribution in [-0.2, 0) is 14.3 Å². The van der Waals surface area contributed by atoms with E-state index in [0.29, 0.717) is 19.3 Å². The lowest BCUT2D eigenvalue weighted by Crippen LogP contribution is -2.46. The van der Waals surface area contributed by atoms with Crippen molar-refractivity contribution in [3.63, 3.8) is 0 Å². The van der Waals surface area contributed by atoms with E-state index in [-0.39, 0.29) is 24.9 Å². The van der Waals surface area contributed by atoms with Gasteiger partial charge in [-0.2, -0.15) is 0 Å². The summed E-state index contributed by atoms with van der Waals surface area (Å²) in [5.74, 6) is -0.476. The fourth-order valence-corrected chi connectivity index (χ4v) is 7.08. The maximum atomic E-state index is 13.1. The molecule has 308 valence electrons. The van der Waals surface area contributed by atoms with Crippen LogP contribution in [0.3, 0.4) is 0 Å². The summed E-state index contributed by atoms with van der Waals surface area (Å²) >= 11 is 0. The van der Waals surface area contributed by atoms with Crippen LogP contribution in [0.15, 0.2) is 12.2 Å². The van der Waals surface area contributed by atoms with E-state index in [4.69, 9.17) is 4.74 Å². The molecule has 6 heteroatoms. The Morgan fingerprint density at radius 3 is 1.44 bits per heavy atom. The summed E-state index contributed by atoms with van der Waals surface area (Å²) < 4.78 is 5.89. The number of carbonyl (C=O) groups excluding carboxylic acids is 2. The standard InChI is InChI=1S/C46H89NO5/c1-4-7-10-13-16-19-22-24-26-29-32-35-38-44(49)43(41-48)47-45(50)40-42(37-34-31-28-25-23-20-17-14-11-8-5-2)52-46(51)39-36-33-30-27-21-18-15-12-9-6-3/h12,15,42-44,48-49H,4-11,13-14,16-41H2,1-3H3,(H,47,50)/b15-12-. The zero-order valence-electron chi connectivity index (χ0n) is 35.0. The van der Waals surface area contributed by atoms with Gasteiger partial charge in [0.2, 0.25) is 5.91 Å². The van der Waals surface area contributed by atoms with Crippen molar-refractivity contribution >= 4 is 11.9 Å². The molecule has 0 aliphatic carbocycles. The highest BCUT2D eigenvalue weighted by Gasteiger charge is 2.24. The summed E-state index contributed by atoms with van der Waals surface area (Å²) in [7, 11) is 0. The Bertz CT molecular complexity index is 787. The van der Waals surface area contributed by atoms with E-state index in [9.17, 15) is 19.8 Å². The van der Waals surface area contributed by atoms with E-state index in [1.54, 1.807) is 0 Å². The normalized spacial score (nSPS) is 13.4. The monoisotopic (exact) mass is 736 g/mol. The number of allylic oxidation sites excluding steroid dienone is 2. The van der Waals surface area contributed by atoms with Crippen molar-refractivity contribution in [1.29, 1.82) is 0 Å². The summed E-state index contributed by atoms with van der Waals surface area (Å²) in [4.78, 5) is 25.9. The molecule has 0 bridgehead atoms. The van der Waals surface area contributed by atoms with Crippen molar-refractivity contribution < 1.29 is 24.5 Å². The van der Waals surface area contributed by atoms with E-state index in [0.717, 1.165) is 57.8 Å². The minimum absolute atomic E-state index is 0.0802. The predicted octanol–water partition coefficient (Wildman–Crippen LogP) is 13.0. The van der Waals surface area contributed by atoms with E-state index in [2.05, 4.69) is 38.2 Å². The minimum Gasteiger partial charge on any atom is -0.462 e. The molecule has 0 aliphatic heterocycles. The number of unbranched alkanes of at least 4 members (excludes halogenated alkanes) is 27. The highest BCUT2D eigenvalue weighted by Crippen LogP contribution is 2.18. The van der Waals surface area contributed by atoms with Crippen molar-refractivity contribution in [1.82, 2.24) is 5.32 Å². The number of aliphatic hydroxyl groups is 2. The maximum absolute atomic E-state index is 13.1. The molecule has 0 saturated heterocycles. The van der Waals surface area contributed by atoms with Crippen LogP contribution >= 0.6 is 0 Å². The third-order valence-electron chi connectivity index (χ3n) is 10.6. The molecule has 0 heterocycles. The van der Waals surface area contributed by atoms with Crippen molar-refractivity contribution in [3.05, 3.63) is 12.2 Å². The van der Waals surface area contributed by atoms with E-state index >= 15 is 0 Å². The molecule has 0 fully saturated rings. The molecule has 0 aromatic carbocycles. The molecule has 0 saturated carbocycles. The number of hydrogen-bond acceptors (Lipinski definition) is 5. The smallest absolute Gasteiger partial charge is 0.306 e. The van der Waals surface area contributed by atoms with Gasteiger partial charge in [0, 0.05) is 6.42 Å². The van der Waals surface area contributed by atoms with Crippen LogP contribution in [0.4, 0.5) is 0 Å². The van der Waals surface area contributed by atoms with Gasteiger partial charge in [-0.25, -0.2) is 0 Å². The van der Waals surface area contributed by atoms with Gasteiger partial charge in [-0.3, -0.25) is 9.59 Å². The molecule has 0 spiro atoms. The van der Waals surface area contributed by atoms with Crippen molar-refractivity contribution in [2.24, 2.45) is 0 Å². The second kappa shape index (κ2) is 40.8. The molecule has 0 rings (SSSR count). The molecule has 0 aliphatic rings. The van der Waals surface area contributed by atoms with Crippen LogP contribution < -0.4 is 5.32 Å². The number of amides is 1. The summed E-state index contributed by atoms with van der Waals surface area (Å²) in [6.45, 7) is 6.41. The molecule has 3 N–H and O–H groups in total. The number of nitrogens with one attached hydrogen (secondary N) is 1. The van der Waals surface area contributed by atoms with Crippen LogP contribution in [0.25, 0.3) is 0 Å². The summed E-state index contributed by atoms with van der Waals surface area (Å²) in [5.41, 5.74) is 0.